The molecule has 90 valence electrons. The number of thiophene rings is 1. The van der Waals surface area contributed by atoms with Gasteiger partial charge in [0.1, 0.15) is 0 Å². The third-order valence-corrected chi connectivity index (χ3v) is 3.51. The van der Waals surface area contributed by atoms with E-state index in [0.29, 0.717) is 6.54 Å². The van der Waals surface area contributed by atoms with Crippen molar-refractivity contribution in [2.24, 2.45) is 5.41 Å². The maximum atomic E-state index is 11.0. The summed E-state index contributed by atoms with van der Waals surface area (Å²) in [6.07, 6.45) is 0. The van der Waals surface area contributed by atoms with Gasteiger partial charge in [-0.3, -0.25) is 4.79 Å². The standard InChI is InChI=1S/C11H16ClNO2S/c1-11(2,10(14)15)7-13(3)6-8-4-5-9(12)16-8/h4-5H,6-7H2,1-3H3,(H,14,15). The van der Waals surface area contributed by atoms with Crippen LogP contribution < -0.4 is 0 Å². The predicted molar refractivity (Wildman–Crippen MR) is 67.1 cm³/mol. The van der Waals surface area contributed by atoms with Crippen LogP contribution in [0.3, 0.4) is 0 Å². The number of carboxylic acids is 1. The quantitative estimate of drug-likeness (QED) is 0.886. The Balaban J connectivity index is 2.54. The predicted octanol–water partition coefficient (Wildman–Crippen LogP) is 2.94. The van der Waals surface area contributed by atoms with Gasteiger partial charge in [-0.05, 0) is 33.0 Å². The number of carboxylic acid groups (broad SMARTS) is 1. The minimum Gasteiger partial charge on any atom is -0.481 e. The molecule has 0 saturated heterocycles. The number of hydrogen-bond donors (Lipinski definition) is 1. The number of nitrogens with zero attached hydrogens (tertiary/aromatic N) is 1. The van der Waals surface area contributed by atoms with Crippen LogP contribution in [0, 0.1) is 5.41 Å². The summed E-state index contributed by atoms with van der Waals surface area (Å²) in [6.45, 7) is 4.70. The Morgan fingerprint density at radius 3 is 2.62 bits per heavy atom. The molecule has 0 aliphatic carbocycles. The second kappa shape index (κ2) is 5.17. The molecule has 0 amide bonds. The largest absolute Gasteiger partial charge is 0.481 e. The van der Waals surface area contributed by atoms with Crippen LogP contribution in [-0.2, 0) is 11.3 Å². The fourth-order valence-electron chi connectivity index (χ4n) is 1.50. The lowest BCUT2D eigenvalue weighted by atomic mass is 9.93. The molecule has 0 bridgehead atoms. The molecule has 0 aromatic carbocycles. The maximum Gasteiger partial charge on any atom is 0.310 e. The Kier molecular flexibility index (Phi) is 4.35. The van der Waals surface area contributed by atoms with E-state index >= 15 is 0 Å². The minimum absolute atomic E-state index is 0.512. The van der Waals surface area contributed by atoms with Crippen LogP contribution in [0.25, 0.3) is 0 Å². The number of aliphatic carboxylic acids is 1. The fraction of sp³-hybridized carbons (Fsp3) is 0.545. The summed E-state index contributed by atoms with van der Waals surface area (Å²) < 4.78 is 0.765. The van der Waals surface area contributed by atoms with E-state index in [1.165, 1.54) is 11.3 Å². The van der Waals surface area contributed by atoms with Crippen LogP contribution in [0.1, 0.15) is 18.7 Å². The van der Waals surface area contributed by atoms with Crippen LogP contribution in [0.4, 0.5) is 0 Å². The lowest BCUT2D eigenvalue weighted by Gasteiger charge is -2.26. The minimum atomic E-state index is -0.774. The van der Waals surface area contributed by atoms with Gasteiger partial charge in [0.25, 0.3) is 0 Å². The molecule has 0 fully saturated rings. The molecule has 1 N–H and O–H groups in total. The Labute approximate surface area is 105 Å². The van der Waals surface area contributed by atoms with Crippen molar-refractivity contribution < 1.29 is 9.90 Å². The maximum absolute atomic E-state index is 11.0. The van der Waals surface area contributed by atoms with Crippen LogP contribution in [0.2, 0.25) is 4.34 Å². The Morgan fingerprint density at radius 1 is 1.56 bits per heavy atom. The second-order valence-electron chi connectivity index (χ2n) is 4.57. The van der Waals surface area contributed by atoms with Gasteiger partial charge in [-0.2, -0.15) is 0 Å². The molecule has 3 nitrogen and oxygen atoms in total. The first kappa shape index (κ1) is 13.5. The molecule has 1 aromatic rings. The normalized spacial score (nSPS) is 12.1. The van der Waals surface area contributed by atoms with Gasteiger partial charge in [0, 0.05) is 18.0 Å². The average molecular weight is 262 g/mol. The van der Waals surface area contributed by atoms with Gasteiger partial charge in [-0.25, -0.2) is 0 Å². The Morgan fingerprint density at radius 2 is 2.19 bits per heavy atom. The zero-order chi connectivity index (χ0) is 12.3. The van der Waals surface area contributed by atoms with Crippen molar-refractivity contribution in [3.05, 3.63) is 21.3 Å². The van der Waals surface area contributed by atoms with E-state index in [9.17, 15) is 4.79 Å². The van der Waals surface area contributed by atoms with Gasteiger partial charge >= 0.3 is 5.97 Å². The summed E-state index contributed by atoms with van der Waals surface area (Å²) in [5, 5.41) is 9.02. The molecule has 0 unspecified atom stereocenters. The first-order valence-electron chi connectivity index (χ1n) is 4.97. The van der Waals surface area contributed by atoms with Crippen molar-refractivity contribution in [1.29, 1.82) is 0 Å². The Hall–Kier alpha value is -0.580. The fourth-order valence-corrected chi connectivity index (χ4v) is 2.67. The van der Waals surface area contributed by atoms with Gasteiger partial charge in [0.05, 0.1) is 9.75 Å². The van der Waals surface area contributed by atoms with Crippen molar-refractivity contribution in [3.8, 4) is 0 Å². The van der Waals surface area contributed by atoms with Crippen molar-refractivity contribution in [1.82, 2.24) is 4.90 Å². The van der Waals surface area contributed by atoms with Gasteiger partial charge in [-0.1, -0.05) is 11.6 Å². The van der Waals surface area contributed by atoms with Crippen molar-refractivity contribution in [2.75, 3.05) is 13.6 Å². The van der Waals surface area contributed by atoms with E-state index in [-0.39, 0.29) is 0 Å². The van der Waals surface area contributed by atoms with Crippen LogP contribution in [-0.4, -0.2) is 29.6 Å². The molecule has 0 saturated carbocycles. The van der Waals surface area contributed by atoms with Gasteiger partial charge < -0.3 is 10.0 Å². The van der Waals surface area contributed by atoms with Crippen LogP contribution in [0.15, 0.2) is 12.1 Å². The molecule has 0 aliphatic rings. The zero-order valence-electron chi connectivity index (χ0n) is 9.66. The number of halogens is 1. The first-order chi connectivity index (χ1) is 7.31. The summed E-state index contributed by atoms with van der Waals surface area (Å²) in [4.78, 5) is 14.1. The molecule has 0 spiro atoms. The van der Waals surface area contributed by atoms with Gasteiger partial charge in [0.2, 0.25) is 0 Å². The van der Waals surface area contributed by atoms with E-state index in [1.807, 2.05) is 24.1 Å². The summed E-state index contributed by atoms with van der Waals surface area (Å²) in [5.41, 5.74) is -0.726. The first-order valence-corrected chi connectivity index (χ1v) is 6.17. The van der Waals surface area contributed by atoms with E-state index in [1.54, 1.807) is 13.8 Å². The Bertz CT molecular complexity index is 376. The van der Waals surface area contributed by atoms with E-state index < -0.39 is 11.4 Å². The lowest BCUT2D eigenvalue weighted by molar-refractivity contribution is -0.147. The molecule has 1 heterocycles. The molecule has 1 rings (SSSR count). The van der Waals surface area contributed by atoms with E-state index in [0.717, 1.165) is 15.8 Å². The van der Waals surface area contributed by atoms with Crippen molar-refractivity contribution in [2.45, 2.75) is 20.4 Å². The summed E-state index contributed by atoms with van der Waals surface area (Å²) in [6, 6.07) is 3.83. The second-order valence-corrected chi connectivity index (χ2v) is 6.37. The topological polar surface area (TPSA) is 40.5 Å². The number of carbonyl (C=O) groups is 1. The highest BCUT2D eigenvalue weighted by Gasteiger charge is 2.28. The summed E-state index contributed by atoms with van der Waals surface area (Å²) in [5.74, 6) is -0.774. The zero-order valence-corrected chi connectivity index (χ0v) is 11.2. The van der Waals surface area contributed by atoms with Crippen molar-refractivity contribution in [3.63, 3.8) is 0 Å². The lowest BCUT2D eigenvalue weighted by Crippen LogP contribution is -2.36. The highest BCUT2D eigenvalue weighted by atomic mass is 35.5. The summed E-state index contributed by atoms with van der Waals surface area (Å²) >= 11 is 7.36. The molecule has 0 radical (unpaired) electrons. The number of rotatable bonds is 5. The van der Waals surface area contributed by atoms with Crippen LogP contribution in [0.5, 0.6) is 0 Å². The van der Waals surface area contributed by atoms with Gasteiger partial charge in [-0.15, -0.1) is 11.3 Å². The highest BCUT2D eigenvalue weighted by molar-refractivity contribution is 7.16. The van der Waals surface area contributed by atoms with Crippen molar-refractivity contribution >= 4 is 28.9 Å². The molecule has 0 aliphatic heterocycles. The van der Waals surface area contributed by atoms with E-state index in [2.05, 4.69) is 0 Å². The van der Waals surface area contributed by atoms with Crippen LogP contribution >= 0.6 is 22.9 Å². The molecule has 1 aromatic heterocycles. The third kappa shape index (κ3) is 3.77. The summed E-state index contributed by atoms with van der Waals surface area (Å²) in [7, 11) is 1.91. The molecular weight excluding hydrogens is 246 g/mol. The van der Waals surface area contributed by atoms with Gasteiger partial charge in [0.15, 0.2) is 0 Å². The molecule has 5 heteroatoms. The molecular formula is C11H16ClNO2S. The smallest absolute Gasteiger partial charge is 0.310 e. The van der Waals surface area contributed by atoms with E-state index in [4.69, 9.17) is 16.7 Å². The highest BCUT2D eigenvalue weighted by Crippen LogP contribution is 2.24. The molecule has 16 heavy (non-hydrogen) atoms. The monoisotopic (exact) mass is 261 g/mol. The SMILES string of the molecule is CN(Cc1ccc(Cl)s1)CC(C)(C)C(=O)O. The number of hydrogen-bond acceptors (Lipinski definition) is 3. The third-order valence-electron chi connectivity index (χ3n) is 2.30. The molecule has 0 atom stereocenters. The average Bonchev–Trinajstić information content (AvgIpc) is 2.49.